The first-order chi connectivity index (χ1) is 12.9. The van der Waals surface area contributed by atoms with Crippen LogP contribution in [0.5, 0.6) is 0 Å². The van der Waals surface area contributed by atoms with E-state index in [4.69, 9.17) is 4.42 Å². The van der Waals surface area contributed by atoms with Gasteiger partial charge in [-0.2, -0.15) is 9.41 Å². The summed E-state index contributed by atoms with van der Waals surface area (Å²) >= 11 is 0. The number of rotatable bonds is 6. The van der Waals surface area contributed by atoms with Crippen molar-refractivity contribution in [2.24, 2.45) is 5.10 Å². The number of hydrazone groups is 1. The normalized spacial score (nSPS) is 16.6. The lowest BCUT2D eigenvalue weighted by molar-refractivity contribution is -0.895. The van der Waals surface area contributed by atoms with Gasteiger partial charge in [0, 0.05) is 0 Å². The van der Waals surface area contributed by atoms with Crippen LogP contribution in [0.1, 0.15) is 11.3 Å². The smallest absolute Gasteiger partial charge is 0.295 e. The molecule has 2 heterocycles. The van der Waals surface area contributed by atoms with Gasteiger partial charge in [-0.15, -0.1) is 0 Å². The summed E-state index contributed by atoms with van der Waals surface area (Å²) in [6, 6.07) is 10.3. The predicted octanol–water partition coefficient (Wildman–Crippen LogP) is -0.372. The minimum absolute atomic E-state index is 0.220. The maximum atomic E-state index is 12.7. The van der Waals surface area contributed by atoms with E-state index in [1.54, 1.807) is 36.4 Å². The lowest BCUT2D eigenvalue weighted by Gasteiger charge is -2.31. The largest absolute Gasteiger partial charge is 0.463 e. The van der Waals surface area contributed by atoms with Gasteiger partial charge in [-0.3, -0.25) is 4.79 Å². The highest BCUT2D eigenvalue weighted by atomic mass is 32.2. The van der Waals surface area contributed by atoms with E-state index in [2.05, 4.69) is 10.5 Å². The molecule has 0 saturated carbocycles. The molecule has 0 spiro atoms. The summed E-state index contributed by atoms with van der Waals surface area (Å²) in [5.41, 5.74) is 3.48. The fraction of sp³-hybridized carbons (Fsp3) is 0.333. The van der Waals surface area contributed by atoms with Crippen LogP contribution in [-0.2, 0) is 14.8 Å². The minimum atomic E-state index is -3.48. The highest BCUT2D eigenvalue weighted by Crippen LogP contribution is 2.16. The maximum absolute atomic E-state index is 12.7. The number of benzene rings is 1. The van der Waals surface area contributed by atoms with E-state index in [-0.39, 0.29) is 12.5 Å². The Morgan fingerprint density at radius 2 is 1.96 bits per heavy atom. The number of nitrogens with one attached hydrogen (secondary N) is 2. The monoisotopic (exact) mass is 391 g/mol. The molecule has 0 radical (unpaired) electrons. The van der Waals surface area contributed by atoms with Gasteiger partial charge in [0.2, 0.25) is 10.0 Å². The van der Waals surface area contributed by atoms with Crippen LogP contribution in [0.4, 0.5) is 0 Å². The van der Waals surface area contributed by atoms with Gasteiger partial charge in [0.1, 0.15) is 5.76 Å². The molecule has 1 aliphatic heterocycles. The van der Waals surface area contributed by atoms with Gasteiger partial charge in [0.25, 0.3) is 5.91 Å². The van der Waals surface area contributed by atoms with Crippen molar-refractivity contribution in [1.82, 2.24) is 9.73 Å². The zero-order chi connectivity index (χ0) is 19.3. The lowest BCUT2D eigenvalue weighted by atomic mass is 10.2. The van der Waals surface area contributed by atoms with Crippen molar-refractivity contribution in [3.05, 3.63) is 54.0 Å². The number of sulfonamides is 1. The molecule has 9 heteroatoms. The van der Waals surface area contributed by atoms with Crippen molar-refractivity contribution in [3.8, 4) is 0 Å². The fourth-order valence-electron chi connectivity index (χ4n) is 2.88. The third kappa shape index (κ3) is 5.03. The number of aryl methyl sites for hydroxylation is 1. The second kappa shape index (κ2) is 8.47. The first-order valence-corrected chi connectivity index (χ1v) is 10.1. The number of hydrogen-bond donors (Lipinski definition) is 2. The van der Waals surface area contributed by atoms with Crippen LogP contribution in [0.15, 0.2) is 57.1 Å². The summed E-state index contributed by atoms with van der Waals surface area (Å²) in [5, 5.41) is 3.84. The number of nitrogens with zero attached hydrogens (tertiary/aromatic N) is 2. The molecule has 0 atom stereocenters. The molecule has 2 aromatic rings. The average molecular weight is 391 g/mol. The zero-order valence-electron chi connectivity index (χ0n) is 15.1. The van der Waals surface area contributed by atoms with E-state index in [1.807, 2.05) is 6.92 Å². The first-order valence-electron chi connectivity index (χ1n) is 8.71. The SMILES string of the molecule is Cc1ccc(S(=O)(=O)N2CC[NH+](CC(=O)N/N=C/c3ccco3)CC2)cc1. The molecule has 0 aliphatic carbocycles. The quantitative estimate of drug-likeness (QED) is 0.519. The molecule has 1 aliphatic rings. The maximum Gasteiger partial charge on any atom is 0.295 e. The molecule has 27 heavy (non-hydrogen) atoms. The average Bonchev–Trinajstić information content (AvgIpc) is 3.16. The Hall–Kier alpha value is -2.49. The molecule has 1 aromatic carbocycles. The minimum Gasteiger partial charge on any atom is -0.463 e. The second-order valence-corrected chi connectivity index (χ2v) is 8.39. The zero-order valence-corrected chi connectivity index (χ0v) is 15.9. The van der Waals surface area contributed by atoms with Crippen LogP contribution in [-0.4, -0.2) is 57.6 Å². The predicted molar refractivity (Wildman–Crippen MR) is 99.9 cm³/mol. The van der Waals surface area contributed by atoms with Crippen molar-refractivity contribution < 1.29 is 22.5 Å². The van der Waals surface area contributed by atoms with Crippen molar-refractivity contribution in [2.45, 2.75) is 11.8 Å². The van der Waals surface area contributed by atoms with Crippen molar-refractivity contribution >= 4 is 22.1 Å². The van der Waals surface area contributed by atoms with Gasteiger partial charge in [0.05, 0.1) is 43.6 Å². The van der Waals surface area contributed by atoms with Gasteiger partial charge in [-0.05, 0) is 31.2 Å². The molecular formula is C18H23N4O4S+. The van der Waals surface area contributed by atoms with E-state index in [1.165, 1.54) is 16.8 Å². The third-order valence-electron chi connectivity index (χ3n) is 4.42. The number of quaternary nitrogens is 1. The Kier molecular flexibility index (Phi) is 6.04. The summed E-state index contributed by atoms with van der Waals surface area (Å²) in [6.45, 7) is 4.07. The molecule has 0 bridgehead atoms. The molecule has 2 N–H and O–H groups in total. The van der Waals surface area contributed by atoms with Gasteiger partial charge in [-0.25, -0.2) is 13.8 Å². The van der Waals surface area contributed by atoms with Crippen molar-refractivity contribution in [2.75, 3.05) is 32.7 Å². The van der Waals surface area contributed by atoms with E-state index < -0.39 is 10.0 Å². The molecular weight excluding hydrogens is 368 g/mol. The van der Waals surface area contributed by atoms with E-state index in [9.17, 15) is 13.2 Å². The number of piperazine rings is 1. The Morgan fingerprint density at radius 3 is 2.59 bits per heavy atom. The van der Waals surface area contributed by atoms with E-state index >= 15 is 0 Å². The molecule has 144 valence electrons. The summed E-state index contributed by atoms with van der Waals surface area (Å²) in [4.78, 5) is 13.3. The summed E-state index contributed by atoms with van der Waals surface area (Å²) in [5.74, 6) is 0.334. The molecule has 1 saturated heterocycles. The van der Waals surface area contributed by atoms with Crippen LogP contribution < -0.4 is 10.3 Å². The lowest BCUT2D eigenvalue weighted by Crippen LogP contribution is -3.15. The molecule has 1 fully saturated rings. The number of carbonyl (C=O) groups excluding carboxylic acids is 1. The summed E-state index contributed by atoms with van der Waals surface area (Å²) in [6.07, 6.45) is 2.96. The van der Waals surface area contributed by atoms with Crippen LogP contribution in [0.3, 0.4) is 0 Å². The van der Waals surface area contributed by atoms with E-state index in [0.717, 1.165) is 10.5 Å². The topological polar surface area (TPSA) is 96.4 Å². The molecule has 1 amide bonds. The van der Waals surface area contributed by atoms with Gasteiger partial charge in [-0.1, -0.05) is 17.7 Å². The van der Waals surface area contributed by atoms with Crippen LogP contribution >= 0.6 is 0 Å². The van der Waals surface area contributed by atoms with Gasteiger partial charge in [0.15, 0.2) is 6.54 Å². The summed E-state index contributed by atoms with van der Waals surface area (Å²) in [7, 11) is -3.48. The molecule has 1 aromatic heterocycles. The highest BCUT2D eigenvalue weighted by molar-refractivity contribution is 7.89. The Labute approximate surface area is 158 Å². The van der Waals surface area contributed by atoms with Crippen LogP contribution in [0, 0.1) is 6.92 Å². The molecule has 8 nitrogen and oxygen atoms in total. The van der Waals surface area contributed by atoms with Crippen LogP contribution in [0.25, 0.3) is 0 Å². The van der Waals surface area contributed by atoms with Gasteiger partial charge < -0.3 is 9.32 Å². The Balaban J connectivity index is 1.48. The summed E-state index contributed by atoms with van der Waals surface area (Å²) < 4.78 is 31.9. The number of carbonyl (C=O) groups is 1. The molecule has 0 unspecified atom stereocenters. The second-order valence-electron chi connectivity index (χ2n) is 6.45. The highest BCUT2D eigenvalue weighted by Gasteiger charge is 2.30. The van der Waals surface area contributed by atoms with Crippen molar-refractivity contribution in [3.63, 3.8) is 0 Å². The standard InChI is InChI=1S/C18H22N4O4S/c1-15-4-6-17(7-5-15)27(24,25)22-10-8-21(9-11-22)14-18(23)20-19-13-16-3-2-12-26-16/h2-7,12-13H,8-11,14H2,1H3,(H,20,23)/p+1/b19-13+. The van der Waals surface area contributed by atoms with Crippen LogP contribution in [0.2, 0.25) is 0 Å². The molecule has 3 rings (SSSR count). The number of furan rings is 1. The number of amides is 1. The fourth-order valence-corrected chi connectivity index (χ4v) is 4.32. The van der Waals surface area contributed by atoms with E-state index in [0.29, 0.717) is 36.8 Å². The van der Waals surface area contributed by atoms with Crippen molar-refractivity contribution in [1.29, 1.82) is 0 Å². The third-order valence-corrected chi connectivity index (χ3v) is 6.34. The number of hydrogen-bond acceptors (Lipinski definition) is 5. The first kappa shape index (κ1) is 19.3. The Bertz CT molecular complexity index is 884. The van der Waals surface area contributed by atoms with Gasteiger partial charge >= 0.3 is 0 Å². The Morgan fingerprint density at radius 1 is 1.26 bits per heavy atom.